The minimum Gasteiger partial charge on any atom is -0.288 e. The maximum absolute atomic E-state index is 5.13. The summed E-state index contributed by atoms with van der Waals surface area (Å²) in [4.78, 5) is 14.4. The average molecular weight is 447 g/mol. The van der Waals surface area contributed by atoms with Gasteiger partial charge in [0.15, 0.2) is 5.65 Å². The van der Waals surface area contributed by atoms with Crippen LogP contribution in [0, 0.1) is 0 Å². The average Bonchev–Trinajstić information content (AvgIpc) is 3.58. The third-order valence-corrected chi connectivity index (χ3v) is 7.92. The number of aromatic nitrogens is 4. The van der Waals surface area contributed by atoms with Gasteiger partial charge in [-0.15, -0.1) is 0 Å². The summed E-state index contributed by atoms with van der Waals surface area (Å²) in [5.41, 5.74) is 16.1. The number of pyridine rings is 3. The van der Waals surface area contributed by atoms with Gasteiger partial charge in [0.25, 0.3) is 0 Å². The molecule has 4 aromatic heterocycles. The summed E-state index contributed by atoms with van der Waals surface area (Å²) in [5, 5.41) is 2.26. The Morgan fingerprint density at radius 3 is 2.60 bits per heavy atom. The van der Waals surface area contributed by atoms with Crippen LogP contribution >= 0.6 is 0 Å². The number of benzene rings is 3. The Balaban J connectivity index is 1.46. The molecule has 2 aliphatic carbocycles. The first-order valence-electron chi connectivity index (χ1n) is 12.0. The first-order valence-corrected chi connectivity index (χ1v) is 12.0. The fraction of sp³-hybridized carbons (Fsp3) is 0.0645. The molecule has 0 radical (unpaired) electrons. The van der Waals surface area contributed by atoms with Crippen molar-refractivity contribution in [2.75, 3.05) is 0 Å². The highest BCUT2D eigenvalue weighted by atomic mass is 15.0. The van der Waals surface area contributed by atoms with Crippen molar-refractivity contribution in [2.24, 2.45) is 0 Å². The maximum atomic E-state index is 5.13. The number of hydrogen-bond donors (Lipinski definition) is 0. The molecule has 3 aromatic carbocycles. The summed E-state index contributed by atoms with van der Waals surface area (Å²) in [6.07, 6.45) is 7.66. The SMILES string of the molecule is c1ccc2c(c1)Cc1cc3c(cc1-2)-c1c(ccc2nc4c5ncccc5c5ccncc5n4c12)C3. The molecule has 0 N–H and O–H groups in total. The quantitative estimate of drug-likeness (QED) is 0.243. The second kappa shape index (κ2) is 6.10. The van der Waals surface area contributed by atoms with Gasteiger partial charge in [0.2, 0.25) is 0 Å². The molecule has 0 amide bonds. The van der Waals surface area contributed by atoms with Crippen molar-refractivity contribution in [2.45, 2.75) is 12.8 Å². The molecule has 0 fully saturated rings. The molecule has 9 rings (SSSR count). The van der Waals surface area contributed by atoms with Crippen LogP contribution in [-0.4, -0.2) is 19.4 Å². The molecule has 0 saturated carbocycles. The van der Waals surface area contributed by atoms with E-state index in [0.29, 0.717) is 0 Å². The summed E-state index contributed by atoms with van der Waals surface area (Å²) >= 11 is 0. The topological polar surface area (TPSA) is 43.1 Å². The number of nitrogens with zero attached hydrogens (tertiary/aromatic N) is 4. The Morgan fingerprint density at radius 2 is 1.60 bits per heavy atom. The number of rotatable bonds is 0. The lowest BCUT2D eigenvalue weighted by Gasteiger charge is -2.11. The van der Waals surface area contributed by atoms with Gasteiger partial charge in [-0.2, -0.15) is 0 Å². The third kappa shape index (κ3) is 2.15. The summed E-state index contributed by atoms with van der Waals surface area (Å²) in [6.45, 7) is 0. The number of fused-ring (bicyclic) bond motifs is 15. The van der Waals surface area contributed by atoms with Crippen molar-refractivity contribution in [3.8, 4) is 22.3 Å². The summed E-state index contributed by atoms with van der Waals surface area (Å²) < 4.78 is 2.29. The molecule has 0 aliphatic heterocycles. The van der Waals surface area contributed by atoms with Crippen molar-refractivity contribution < 1.29 is 0 Å². The highest BCUT2D eigenvalue weighted by Crippen LogP contribution is 2.47. The lowest BCUT2D eigenvalue weighted by molar-refractivity contribution is 1.21. The molecule has 2 aliphatic rings. The Kier molecular flexibility index (Phi) is 3.11. The molecule has 7 aromatic rings. The highest BCUT2D eigenvalue weighted by molar-refractivity contribution is 6.13. The van der Waals surface area contributed by atoms with E-state index >= 15 is 0 Å². The monoisotopic (exact) mass is 446 g/mol. The first kappa shape index (κ1) is 17.8. The maximum Gasteiger partial charge on any atom is 0.165 e. The fourth-order valence-electron chi connectivity index (χ4n) is 6.46. The van der Waals surface area contributed by atoms with Crippen LogP contribution in [0.1, 0.15) is 22.3 Å². The van der Waals surface area contributed by atoms with E-state index in [1.807, 2.05) is 24.7 Å². The number of imidazole rings is 1. The molecule has 4 heteroatoms. The van der Waals surface area contributed by atoms with Crippen molar-refractivity contribution in [3.63, 3.8) is 0 Å². The van der Waals surface area contributed by atoms with Gasteiger partial charge in [-0.3, -0.25) is 14.4 Å². The van der Waals surface area contributed by atoms with Gasteiger partial charge in [0, 0.05) is 28.7 Å². The van der Waals surface area contributed by atoms with Crippen LogP contribution in [0.25, 0.3) is 60.7 Å². The van der Waals surface area contributed by atoms with E-state index in [0.717, 1.165) is 51.3 Å². The third-order valence-electron chi connectivity index (χ3n) is 7.92. The van der Waals surface area contributed by atoms with Gasteiger partial charge >= 0.3 is 0 Å². The van der Waals surface area contributed by atoms with Crippen LogP contribution in [-0.2, 0) is 12.8 Å². The van der Waals surface area contributed by atoms with Gasteiger partial charge in [-0.25, -0.2) is 4.98 Å². The predicted molar refractivity (Wildman–Crippen MR) is 140 cm³/mol. The summed E-state index contributed by atoms with van der Waals surface area (Å²) in [7, 11) is 0. The molecule has 162 valence electrons. The molecule has 0 spiro atoms. The molecular weight excluding hydrogens is 428 g/mol. The van der Waals surface area contributed by atoms with Gasteiger partial charge in [0.1, 0.15) is 5.52 Å². The van der Waals surface area contributed by atoms with Crippen LogP contribution in [0.15, 0.2) is 85.3 Å². The minimum atomic E-state index is 0.893. The van der Waals surface area contributed by atoms with Crippen LogP contribution in [0.5, 0.6) is 0 Å². The predicted octanol–water partition coefficient (Wildman–Crippen LogP) is 6.73. The molecule has 35 heavy (non-hydrogen) atoms. The molecule has 0 bridgehead atoms. The van der Waals surface area contributed by atoms with Crippen molar-refractivity contribution in [1.82, 2.24) is 19.4 Å². The second-order valence-electron chi connectivity index (χ2n) is 9.71. The van der Waals surface area contributed by atoms with Crippen molar-refractivity contribution >= 4 is 38.5 Å². The standard InChI is InChI=1S/C31H18N4/c1-2-5-21-17(4-1)12-19-14-20-13-18-7-8-26-30(28(18)25(20)15-24(19)21)35-27-16-32-11-9-22(27)23-6-3-10-33-29(23)31(35)34-26/h1-11,14-16H,12-13H2. The Bertz CT molecular complexity index is 2070. The van der Waals surface area contributed by atoms with E-state index in [2.05, 4.69) is 70.0 Å². The van der Waals surface area contributed by atoms with E-state index in [-0.39, 0.29) is 0 Å². The number of hydrogen-bond acceptors (Lipinski definition) is 3. The second-order valence-corrected chi connectivity index (χ2v) is 9.71. The minimum absolute atomic E-state index is 0.893. The first-order chi connectivity index (χ1) is 17.3. The van der Waals surface area contributed by atoms with Crippen molar-refractivity contribution in [3.05, 3.63) is 108 Å². The summed E-state index contributed by atoms with van der Waals surface area (Å²) in [5.74, 6) is 0. The Labute approximate surface area is 200 Å². The van der Waals surface area contributed by atoms with E-state index in [1.54, 1.807) is 0 Å². The largest absolute Gasteiger partial charge is 0.288 e. The molecule has 4 nitrogen and oxygen atoms in total. The normalized spacial score (nSPS) is 13.5. The zero-order valence-electron chi connectivity index (χ0n) is 18.8. The van der Waals surface area contributed by atoms with Crippen LogP contribution in [0.2, 0.25) is 0 Å². The van der Waals surface area contributed by atoms with Crippen LogP contribution in [0.3, 0.4) is 0 Å². The molecule has 0 unspecified atom stereocenters. The lowest BCUT2D eigenvalue weighted by atomic mass is 9.97. The Morgan fingerprint density at radius 1 is 0.686 bits per heavy atom. The van der Waals surface area contributed by atoms with Crippen LogP contribution in [0.4, 0.5) is 0 Å². The zero-order chi connectivity index (χ0) is 22.7. The van der Waals surface area contributed by atoms with Crippen molar-refractivity contribution in [1.29, 1.82) is 0 Å². The van der Waals surface area contributed by atoms with Gasteiger partial charge < -0.3 is 0 Å². The fourth-order valence-corrected chi connectivity index (χ4v) is 6.46. The van der Waals surface area contributed by atoms with Gasteiger partial charge in [-0.05, 0) is 76.1 Å². The van der Waals surface area contributed by atoms with E-state index in [4.69, 9.17) is 9.97 Å². The summed E-state index contributed by atoms with van der Waals surface area (Å²) in [6, 6.07) is 24.3. The molecular formula is C31H18N4. The zero-order valence-corrected chi connectivity index (χ0v) is 18.8. The lowest BCUT2D eigenvalue weighted by Crippen LogP contribution is -1.95. The molecule has 0 saturated heterocycles. The van der Waals surface area contributed by atoms with E-state index < -0.39 is 0 Å². The smallest absolute Gasteiger partial charge is 0.165 e. The van der Waals surface area contributed by atoms with Gasteiger partial charge in [-0.1, -0.05) is 42.5 Å². The van der Waals surface area contributed by atoms with E-state index in [9.17, 15) is 0 Å². The molecule has 4 heterocycles. The molecule has 0 atom stereocenters. The highest BCUT2D eigenvalue weighted by Gasteiger charge is 2.28. The Hall–Kier alpha value is -4.57. The van der Waals surface area contributed by atoms with E-state index in [1.165, 1.54) is 44.5 Å². The van der Waals surface area contributed by atoms with Crippen LogP contribution < -0.4 is 0 Å². The van der Waals surface area contributed by atoms with Gasteiger partial charge in [0.05, 0.1) is 22.7 Å².